The molecule has 1 aliphatic heterocycles. The molecule has 1 spiro atoms. The molecular weight excluding hydrogens is 264 g/mol. The Morgan fingerprint density at radius 2 is 2.24 bits per heavy atom. The van der Waals surface area contributed by atoms with E-state index in [-0.39, 0.29) is 11.2 Å². The van der Waals surface area contributed by atoms with Gasteiger partial charge in [0.1, 0.15) is 5.75 Å². The summed E-state index contributed by atoms with van der Waals surface area (Å²) in [6.07, 6.45) is 7.59. The Balaban J connectivity index is 1.95. The molecule has 0 saturated heterocycles. The van der Waals surface area contributed by atoms with E-state index in [2.05, 4.69) is 15.6 Å². The van der Waals surface area contributed by atoms with E-state index in [1.165, 1.54) is 5.69 Å². The number of methoxy groups -OCH3 is 1. The molecule has 2 aromatic rings. The summed E-state index contributed by atoms with van der Waals surface area (Å²) < 4.78 is 7.53. The highest BCUT2D eigenvalue weighted by molar-refractivity contribution is 5.99. The Labute approximate surface area is 123 Å². The minimum Gasteiger partial charge on any atom is -0.497 e. The first-order valence-corrected chi connectivity index (χ1v) is 7.47. The number of nitrogens with zero attached hydrogens (tertiary/aromatic N) is 2. The number of carbonyl (C=O) groups excluding carboxylic acids is 1. The van der Waals surface area contributed by atoms with Crippen LogP contribution < -0.4 is 4.74 Å². The van der Waals surface area contributed by atoms with Crippen LogP contribution in [0, 0.1) is 0 Å². The molecule has 0 N–H and O–H groups in total. The fourth-order valence-corrected chi connectivity index (χ4v) is 4.00. The summed E-state index contributed by atoms with van der Waals surface area (Å²) in [5, 5.41) is 0. The summed E-state index contributed by atoms with van der Waals surface area (Å²) in [7, 11) is 1.64. The van der Waals surface area contributed by atoms with Crippen molar-refractivity contribution < 1.29 is 9.53 Å². The highest BCUT2D eigenvalue weighted by Gasteiger charge is 2.44. The molecule has 0 fully saturated rings. The first-order valence-electron chi connectivity index (χ1n) is 7.47. The summed E-state index contributed by atoms with van der Waals surface area (Å²) in [6, 6.07) is 5.94. The van der Waals surface area contributed by atoms with Crippen molar-refractivity contribution in [1.29, 1.82) is 0 Å². The average Bonchev–Trinajstić information content (AvgIpc) is 3.01. The van der Waals surface area contributed by atoms with Gasteiger partial charge in [-0.05, 0) is 37.0 Å². The molecule has 2 aliphatic rings. The Morgan fingerprint density at radius 1 is 1.33 bits per heavy atom. The number of hydrogen-bond acceptors (Lipinski definition) is 3. The fourth-order valence-electron chi connectivity index (χ4n) is 4.00. The second-order valence-electron chi connectivity index (χ2n) is 5.99. The van der Waals surface area contributed by atoms with Crippen molar-refractivity contribution in [3.63, 3.8) is 0 Å². The van der Waals surface area contributed by atoms with E-state index >= 15 is 0 Å². The van der Waals surface area contributed by atoms with Crippen molar-refractivity contribution in [2.75, 3.05) is 7.11 Å². The highest BCUT2D eigenvalue weighted by atomic mass is 16.5. The van der Waals surface area contributed by atoms with Crippen molar-refractivity contribution in [2.24, 2.45) is 0 Å². The molecule has 1 unspecified atom stereocenters. The Hall–Kier alpha value is -2.10. The number of imidazole rings is 1. The van der Waals surface area contributed by atoms with Gasteiger partial charge in [0.25, 0.3) is 0 Å². The van der Waals surface area contributed by atoms with Crippen molar-refractivity contribution in [3.05, 3.63) is 47.5 Å². The van der Waals surface area contributed by atoms with Gasteiger partial charge in [0.15, 0.2) is 5.78 Å². The van der Waals surface area contributed by atoms with Crippen LogP contribution in [0.25, 0.3) is 0 Å². The molecule has 1 aliphatic carbocycles. The Morgan fingerprint density at radius 3 is 3.10 bits per heavy atom. The van der Waals surface area contributed by atoms with E-state index in [0.29, 0.717) is 6.42 Å². The molecule has 1 aromatic heterocycles. The zero-order valence-electron chi connectivity index (χ0n) is 12.1. The highest BCUT2D eigenvalue weighted by Crippen LogP contribution is 2.48. The van der Waals surface area contributed by atoms with Gasteiger partial charge in [0.05, 0.1) is 13.4 Å². The van der Waals surface area contributed by atoms with Crippen molar-refractivity contribution in [1.82, 2.24) is 9.55 Å². The first kappa shape index (κ1) is 12.6. The molecule has 0 saturated carbocycles. The monoisotopic (exact) mass is 282 g/mol. The number of ketones is 1. The normalized spacial score (nSPS) is 23.8. The van der Waals surface area contributed by atoms with Crippen LogP contribution in [-0.2, 0) is 12.0 Å². The largest absolute Gasteiger partial charge is 0.497 e. The van der Waals surface area contributed by atoms with Gasteiger partial charge < -0.3 is 9.30 Å². The third kappa shape index (κ3) is 1.68. The van der Waals surface area contributed by atoms with Crippen LogP contribution in [0.3, 0.4) is 0 Å². The quantitative estimate of drug-likeness (QED) is 0.807. The second kappa shape index (κ2) is 4.45. The lowest BCUT2D eigenvalue weighted by molar-refractivity contribution is 0.0951. The van der Waals surface area contributed by atoms with Gasteiger partial charge in [0, 0.05) is 35.8 Å². The van der Waals surface area contributed by atoms with Gasteiger partial charge in [0.2, 0.25) is 0 Å². The van der Waals surface area contributed by atoms with Crippen molar-refractivity contribution in [2.45, 2.75) is 37.6 Å². The lowest BCUT2D eigenvalue weighted by atomic mass is 9.64. The van der Waals surface area contributed by atoms with Crippen LogP contribution in [0.5, 0.6) is 5.75 Å². The molecule has 21 heavy (non-hydrogen) atoms. The maximum atomic E-state index is 12.4. The number of carbonyl (C=O) groups is 1. The van der Waals surface area contributed by atoms with Crippen LogP contribution in [-0.4, -0.2) is 22.4 Å². The number of hydrogen-bond donors (Lipinski definition) is 0. The zero-order valence-corrected chi connectivity index (χ0v) is 12.1. The van der Waals surface area contributed by atoms with E-state index in [4.69, 9.17) is 4.74 Å². The zero-order chi connectivity index (χ0) is 14.4. The molecule has 1 atom stereocenters. The molecule has 0 amide bonds. The topological polar surface area (TPSA) is 44.1 Å². The van der Waals surface area contributed by atoms with Crippen LogP contribution in [0.2, 0.25) is 0 Å². The molecule has 0 radical (unpaired) electrons. The standard InChI is InChI=1S/C17H18N2O2/c1-21-12-3-4-14-13(9-12)15(20)5-7-17(14)6-2-8-19-11-18-10-16(17)19/h3-4,9-11H,2,5-8H2,1H3. The summed E-state index contributed by atoms with van der Waals surface area (Å²) >= 11 is 0. The summed E-state index contributed by atoms with van der Waals surface area (Å²) in [5.74, 6) is 0.981. The number of aryl methyl sites for hydroxylation is 1. The minimum absolute atomic E-state index is 0.0513. The molecular formula is C17H18N2O2. The number of ether oxygens (including phenoxy) is 1. The lowest BCUT2D eigenvalue weighted by Crippen LogP contribution is -2.39. The Kier molecular flexibility index (Phi) is 2.67. The summed E-state index contributed by atoms with van der Waals surface area (Å²) in [6.45, 7) is 1.02. The average molecular weight is 282 g/mol. The Bertz CT molecular complexity index is 719. The van der Waals surface area contributed by atoms with Gasteiger partial charge >= 0.3 is 0 Å². The molecule has 4 rings (SSSR count). The van der Waals surface area contributed by atoms with Gasteiger partial charge in [-0.25, -0.2) is 4.98 Å². The summed E-state index contributed by atoms with van der Waals surface area (Å²) in [5.41, 5.74) is 3.19. The number of rotatable bonds is 1. The van der Waals surface area contributed by atoms with Crippen LogP contribution in [0.1, 0.15) is 47.3 Å². The third-order valence-electron chi connectivity index (χ3n) is 5.03. The molecule has 4 nitrogen and oxygen atoms in total. The van der Waals surface area contributed by atoms with E-state index < -0.39 is 0 Å². The SMILES string of the molecule is COc1ccc2c(c1)C(=O)CCC21CCCn2cncc21. The number of fused-ring (bicyclic) bond motifs is 4. The molecule has 108 valence electrons. The summed E-state index contributed by atoms with van der Waals surface area (Å²) in [4.78, 5) is 16.7. The van der Waals surface area contributed by atoms with E-state index in [9.17, 15) is 4.79 Å². The van der Waals surface area contributed by atoms with Crippen LogP contribution in [0.4, 0.5) is 0 Å². The number of aromatic nitrogens is 2. The van der Waals surface area contributed by atoms with Gasteiger partial charge in [-0.3, -0.25) is 4.79 Å². The maximum absolute atomic E-state index is 12.4. The predicted octanol–water partition coefficient (Wildman–Crippen LogP) is 2.95. The molecule has 2 heterocycles. The second-order valence-corrected chi connectivity index (χ2v) is 5.99. The number of benzene rings is 1. The maximum Gasteiger partial charge on any atom is 0.163 e. The minimum atomic E-state index is -0.0513. The van der Waals surface area contributed by atoms with E-state index in [1.807, 2.05) is 24.7 Å². The first-order chi connectivity index (χ1) is 10.2. The fraction of sp³-hybridized carbons (Fsp3) is 0.412. The van der Waals surface area contributed by atoms with Crippen LogP contribution >= 0.6 is 0 Å². The molecule has 4 heteroatoms. The van der Waals surface area contributed by atoms with Gasteiger partial charge in [-0.1, -0.05) is 6.07 Å². The smallest absolute Gasteiger partial charge is 0.163 e. The van der Waals surface area contributed by atoms with Crippen molar-refractivity contribution in [3.8, 4) is 5.75 Å². The van der Waals surface area contributed by atoms with Crippen molar-refractivity contribution >= 4 is 5.78 Å². The molecule has 0 bridgehead atoms. The van der Waals surface area contributed by atoms with Crippen LogP contribution in [0.15, 0.2) is 30.7 Å². The third-order valence-corrected chi connectivity index (χ3v) is 5.03. The lowest BCUT2D eigenvalue weighted by Gasteiger charge is -2.42. The van der Waals surface area contributed by atoms with E-state index in [1.54, 1.807) is 7.11 Å². The van der Waals surface area contributed by atoms with Gasteiger partial charge in [-0.2, -0.15) is 0 Å². The van der Waals surface area contributed by atoms with E-state index in [0.717, 1.165) is 42.7 Å². The number of Topliss-reactive ketones (excluding diaryl/α,β-unsaturated/α-hetero) is 1. The molecule has 1 aromatic carbocycles. The van der Waals surface area contributed by atoms with Gasteiger partial charge in [-0.15, -0.1) is 0 Å². The predicted molar refractivity (Wildman–Crippen MR) is 78.8 cm³/mol.